The second-order valence-corrected chi connectivity index (χ2v) is 6.81. The molecule has 0 atom stereocenters. The standard InChI is InChI=1S/C15H19N3O2S/c1-15(2,3)11-6-4-10(5-7-11)13-17-18-14(20-13)21-9-8-12(16)19/h4-7H,8-9H2,1-3H3,(H2,16,19). The highest BCUT2D eigenvalue weighted by Gasteiger charge is 2.14. The lowest BCUT2D eigenvalue weighted by Crippen LogP contribution is -2.10. The van der Waals surface area contributed by atoms with Crippen LogP contribution in [0, 0.1) is 0 Å². The van der Waals surface area contributed by atoms with Gasteiger partial charge in [0.2, 0.25) is 11.8 Å². The minimum absolute atomic E-state index is 0.114. The van der Waals surface area contributed by atoms with Crippen LogP contribution >= 0.6 is 11.8 Å². The van der Waals surface area contributed by atoms with Crippen molar-refractivity contribution in [1.29, 1.82) is 0 Å². The molecule has 0 aliphatic rings. The second kappa shape index (κ2) is 6.30. The Morgan fingerprint density at radius 2 is 1.90 bits per heavy atom. The highest BCUT2D eigenvalue weighted by molar-refractivity contribution is 7.99. The van der Waals surface area contributed by atoms with Crippen molar-refractivity contribution < 1.29 is 9.21 Å². The Bertz CT molecular complexity index is 615. The number of carbonyl (C=O) groups excluding carboxylic acids is 1. The molecule has 2 aromatic rings. The predicted molar refractivity (Wildman–Crippen MR) is 83.0 cm³/mol. The third-order valence-electron chi connectivity index (χ3n) is 2.98. The minimum atomic E-state index is -0.333. The molecule has 1 aromatic carbocycles. The molecule has 2 N–H and O–H groups in total. The molecule has 0 aliphatic carbocycles. The molecule has 6 heteroatoms. The van der Waals surface area contributed by atoms with Crippen molar-refractivity contribution in [2.24, 2.45) is 5.73 Å². The van der Waals surface area contributed by atoms with E-state index in [1.54, 1.807) is 0 Å². The van der Waals surface area contributed by atoms with E-state index >= 15 is 0 Å². The summed E-state index contributed by atoms with van der Waals surface area (Å²) < 4.78 is 5.57. The van der Waals surface area contributed by atoms with Gasteiger partial charge >= 0.3 is 0 Å². The monoisotopic (exact) mass is 305 g/mol. The predicted octanol–water partition coefficient (Wildman–Crippen LogP) is 3.00. The number of primary amides is 1. The summed E-state index contributed by atoms with van der Waals surface area (Å²) in [7, 11) is 0. The summed E-state index contributed by atoms with van der Waals surface area (Å²) in [5.74, 6) is 0.692. The average molecular weight is 305 g/mol. The zero-order valence-corrected chi connectivity index (χ0v) is 13.2. The maximum absolute atomic E-state index is 10.7. The van der Waals surface area contributed by atoms with Gasteiger partial charge in [0.1, 0.15) is 0 Å². The number of aromatic nitrogens is 2. The van der Waals surface area contributed by atoms with Crippen molar-refractivity contribution in [2.45, 2.75) is 37.8 Å². The van der Waals surface area contributed by atoms with E-state index in [1.165, 1.54) is 17.3 Å². The molecule has 112 valence electrons. The Hall–Kier alpha value is -1.82. The van der Waals surface area contributed by atoms with Crippen molar-refractivity contribution >= 4 is 17.7 Å². The summed E-state index contributed by atoms with van der Waals surface area (Å²) in [6, 6.07) is 8.09. The molecule has 1 heterocycles. The number of hydrogen-bond acceptors (Lipinski definition) is 5. The molecule has 0 saturated heterocycles. The molecule has 0 unspecified atom stereocenters. The van der Waals surface area contributed by atoms with Gasteiger partial charge in [-0.3, -0.25) is 4.79 Å². The number of thioether (sulfide) groups is 1. The van der Waals surface area contributed by atoms with E-state index in [0.29, 0.717) is 23.3 Å². The molecule has 0 saturated carbocycles. The van der Waals surface area contributed by atoms with Crippen LogP contribution in [0.3, 0.4) is 0 Å². The zero-order valence-electron chi connectivity index (χ0n) is 12.4. The van der Waals surface area contributed by atoms with Gasteiger partial charge in [-0.05, 0) is 23.1 Å². The van der Waals surface area contributed by atoms with Crippen LogP contribution in [0.2, 0.25) is 0 Å². The van der Waals surface area contributed by atoms with Crippen LogP contribution in [0.15, 0.2) is 33.9 Å². The first kappa shape index (κ1) is 15.6. The van der Waals surface area contributed by atoms with Crippen LogP contribution in [-0.2, 0) is 10.2 Å². The van der Waals surface area contributed by atoms with Gasteiger partial charge in [-0.2, -0.15) is 0 Å². The minimum Gasteiger partial charge on any atom is -0.411 e. The maximum Gasteiger partial charge on any atom is 0.276 e. The third kappa shape index (κ3) is 4.32. The molecule has 0 aliphatic heterocycles. The average Bonchev–Trinajstić information content (AvgIpc) is 2.86. The lowest BCUT2D eigenvalue weighted by molar-refractivity contribution is -0.117. The SMILES string of the molecule is CC(C)(C)c1ccc(-c2nnc(SCCC(N)=O)o2)cc1. The highest BCUT2D eigenvalue weighted by Crippen LogP contribution is 2.27. The first-order valence-corrected chi connectivity index (χ1v) is 7.70. The number of amides is 1. The van der Waals surface area contributed by atoms with Crippen LogP contribution < -0.4 is 5.73 Å². The lowest BCUT2D eigenvalue weighted by Gasteiger charge is -2.18. The molecule has 0 bridgehead atoms. The quantitative estimate of drug-likeness (QED) is 0.859. The van der Waals surface area contributed by atoms with E-state index in [0.717, 1.165) is 5.56 Å². The van der Waals surface area contributed by atoms with Crippen molar-refractivity contribution in [3.8, 4) is 11.5 Å². The number of carbonyl (C=O) groups is 1. The van der Waals surface area contributed by atoms with Gasteiger partial charge < -0.3 is 10.2 Å². The fourth-order valence-electron chi connectivity index (χ4n) is 1.74. The van der Waals surface area contributed by atoms with Crippen LogP contribution in [0.5, 0.6) is 0 Å². The Labute approximate surface area is 128 Å². The van der Waals surface area contributed by atoms with Crippen LogP contribution in [-0.4, -0.2) is 21.9 Å². The van der Waals surface area contributed by atoms with E-state index < -0.39 is 0 Å². The molecule has 1 amide bonds. The summed E-state index contributed by atoms with van der Waals surface area (Å²) in [4.78, 5) is 10.7. The Morgan fingerprint density at radius 3 is 2.48 bits per heavy atom. The van der Waals surface area contributed by atoms with Gasteiger partial charge in [0.15, 0.2) is 0 Å². The number of nitrogens with zero attached hydrogens (tertiary/aromatic N) is 2. The van der Waals surface area contributed by atoms with Crippen LogP contribution in [0.25, 0.3) is 11.5 Å². The topological polar surface area (TPSA) is 82.0 Å². The zero-order chi connectivity index (χ0) is 15.5. The summed E-state index contributed by atoms with van der Waals surface area (Å²) >= 11 is 1.33. The fourth-order valence-corrected chi connectivity index (χ4v) is 2.45. The smallest absolute Gasteiger partial charge is 0.276 e. The number of nitrogens with two attached hydrogens (primary N) is 1. The molecule has 2 rings (SSSR count). The molecular formula is C15H19N3O2S. The van der Waals surface area contributed by atoms with E-state index in [1.807, 2.05) is 12.1 Å². The van der Waals surface area contributed by atoms with Crippen molar-refractivity contribution in [3.05, 3.63) is 29.8 Å². The van der Waals surface area contributed by atoms with Gasteiger partial charge in [-0.1, -0.05) is 44.7 Å². The van der Waals surface area contributed by atoms with Crippen molar-refractivity contribution in [1.82, 2.24) is 10.2 Å². The Kier molecular flexibility index (Phi) is 4.67. The van der Waals surface area contributed by atoms with E-state index in [4.69, 9.17) is 10.2 Å². The van der Waals surface area contributed by atoms with E-state index in [9.17, 15) is 4.79 Å². The van der Waals surface area contributed by atoms with Crippen molar-refractivity contribution in [2.75, 3.05) is 5.75 Å². The lowest BCUT2D eigenvalue weighted by atomic mass is 9.87. The van der Waals surface area contributed by atoms with Crippen LogP contribution in [0.1, 0.15) is 32.8 Å². The molecule has 0 radical (unpaired) electrons. The molecule has 0 fully saturated rings. The van der Waals surface area contributed by atoms with E-state index in [2.05, 4.69) is 43.1 Å². The first-order chi connectivity index (χ1) is 9.86. The molecule has 5 nitrogen and oxygen atoms in total. The summed E-state index contributed by atoms with van der Waals surface area (Å²) in [6.07, 6.45) is 0.294. The second-order valence-electron chi connectivity index (χ2n) is 5.77. The molecule has 1 aromatic heterocycles. The molecule has 0 spiro atoms. The summed E-state index contributed by atoms with van der Waals surface area (Å²) in [5.41, 5.74) is 7.34. The van der Waals surface area contributed by atoms with Gasteiger partial charge in [-0.15, -0.1) is 10.2 Å². The largest absolute Gasteiger partial charge is 0.411 e. The van der Waals surface area contributed by atoms with Crippen molar-refractivity contribution in [3.63, 3.8) is 0 Å². The number of benzene rings is 1. The molecule has 21 heavy (non-hydrogen) atoms. The normalized spacial score (nSPS) is 11.6. The van der Waals surface area contributed by atoms with E-state index in [-0.39, 0.29) is 11.3 Å². The highest BCUT2D eigenvalue weighted by atomic mass is 32.2. The summed E-state index contributed by atoms with van der Waals surface area (Å²) in [6.45, 7) is 6.51. The maximum atomic E-state index is 10.7. The van der Waals surface area contributed by atoms with Gasteiger partial charge in [0.25, 0.3) is 5.22 Å². The third-order valence-corrected chi connectivity index (χ3v) is 3.80. The first-order valence-electron chi connectivity index (χ1n) is 6.72. The number of rotatable bonds is 5. The van der Waals surface area contributed by atoms with Crippen LogP contribution in [0.4, 0.5) is 0 Å². The van der Waals surface area contributed by atoms with Gasteiger partial charge in [0.05, 0.1) is 0 Å². The summed E-state index contributed by atoms with van der Waals surface area (Å²) in [5, 5.41) is 8.43. The Balaban J connectivity index is 2.05. The fraction of sp³-hybridized carbons (Fsp3) is 0.400. The van der Waals surface area contributed by atoms with Gasteiger partial charge in [-0.25, -0.2) is 0 Å². The van der Waals surface area contributed by atoms with Gasteiger partial charge in [0, 0.05) is 17.7 Å². The molecular weight excluding hydrogens is 286 g/mol. The Morgan fingerprint density at radius 1 is 1.24 bits per heavy atom. The number of hydrogen-bond donors (Lipinski definition) is 1.